The van der Waals surface area contributed by atoms with Gasteiger partial charge in [-0.2, -0.15) is 18.3 Å². The Kier molecular flexibility index (Phi) is 7.39. The van der Waals surface area contributed by atoms with Gasteiger partial charge < -0.3 is 14.8 Å². The lowest BCUT2D eigenvalue weighted by atomic mass is 9.82. The number of nitrogens with zero attached hydrogens (tertiary/aromatic N) is 2. The molecule has 8 nitrogen and oxygen atoms in total. The second-order valence-corrected chi connectivity index (χ2v) is 8.16. The molecule has 1 heterocycles. The van der Waals surface area contributed by atoms with Crippen LogP contribution in [0.1, 0.15) is 35.3 Å². The van der Waals surface area contributed by atoms with Gasteiger partial charge in [-0.3, -0.25) is 4.79 Å². The van der Waals surface area contributed by atoms with Crippen LogP contribution in [0.3, 0.4) is 0 Å². The topological polar surface area (TPSA) is 97.3 Å². The number of benzene rings is 2. The van der Waals surface area contributed by atoms with Gasteiger partial charge in [0.15, 0.2) is 0 Å². The largest absolute Gasteiger partial charge is 0.465 e. The van der Waals surface area contributed by atoms with Crippen LogP contribution in [0, 0.1) is 5.41 Å². The van der Waals surface area contributed by atoms with Crippen LogP contribution in [0.2, 0.25) is 5.02 Å². The predicted molar refractivity (Wildman–Crippen MR) is 121 cm³/mol. The summed E-state index contributed by atoms with van der Waals surface area (Å²) in [6.07, 6.45) is -4.66. The van der Waals surface area contributed by atoms with Gasteiger partial charge in [0.25, 0.3) is 0 Å². The van der Waals surface area contributed by atoms with Crippen LogP contribution in [-0.4, -0.2) is 49.0 Å². The summed E-state index contributed by atoms with van der Waals surface area (Å²) in [5, 5.41) is 7.22. The van der Waals surface area contributed by atoms with Crippen LogP contribution in [-0.2, 0) is 20.4 Å². The van der Waals surface area contributed by atoms with E-state index >= 15 is 0 Å². The van der Waals surface area contributed by atoms with Crippen LogP contribution >= 0.6 is 11.6 Å². The maximum Gasteiger partial charge on any atom is 0.417 e. The third-order valence-corrected chi connectivity index (χ3v) is 5.59. The van der Waals surface area contributed by atoms with Gasteiger partial charge in [0.2, 0.25) is 0 Å². The van der Waals surface area contributed by atoms with Crippen LogP contribution in [0.5, 0.6) is 0 Å². The summed E-state index contributed by atoms with van der Waals surface area (Å²) in [4.78, 5) is 37.2. The molecule has 1 N–H and O–H groups in total. The molecule has 0 saturated heterocycles. The number of alkyl halides is 3. The van der Waals surface area contributed by atoms with E-state index in [2.05, 4.69) is 15.2 Å². The zero-order valence-corrected chi connectivity index (χ0v) is 19.7. The first kappa shape index (κ1) is 26.0. The van der Waals surface area contributed by atoms with Crippen molar-refractivity contribution in [1.82, 2.24) is 5.01 Å². The minimum Gasteiger partial charge on any atom is -0.465 e. The number of hydrogen-bond donors (Lipinski definition) is 1. The lowest BCUT2D eigenvalue weighted by Crippen LogP contribution is -2.42. The molecule has 35 heavy (non-hydrogen) atoms. The van der Waals surface area contributed by atoms with Gasteiger partial charge in [-0.1, -0.05) is 17.7 Å². The third kappa shape index (κ3) is 5.40. The van der Waals surface area contributed by atoms with E-state index in [0.717, 1.165) is 23.2 Å². The molecule has 1 atom stereocenters. The Hall–Kier alpha value is -3.60. The molecule has 0 radical (unpaired) electrons. The number of methoxy groups -OCH3 is 1. The average Bonchev–Trinajstić information content (AvgIpc) is 3.17. The predicted octanol–water partition coefficient (Wildman–Crippen LogP) is 4.97. The molecule has 2 aromatic rings. The van der Waals surface area contributed by atoms with E-state index in [1.807, 2.05) is 0 Å². The van der Waals surface area contributed by atoms with E-state index in [9.17, 15) is 27.6 Å². The Morgan fingerprint density at radius 3 is 2.37 bits per heavy atom. The molecule has 2 amide bonds. The van der Waals surface area contributed by atoms with E-state index in [1.165, 1.54) is 38.3 Å². The summed E-state index contributed by atoms with van der Waals surface area (Å²) in [5.41, 5.74) is -1.73. The normalized spacial score (nSPS) is 17.6. The van der Waals surface area contributed by atoms with Gasteiger partial charge in [0.1, 0.15) is 5.41 Å². The molecule has 1 aliphatic heterocycles. The monoisotopic (exact) mass is 511 g/mol. The van der Waals surface area contributed by atoms with Crippen molar-refractivity contribution in [3.63, 3.8) is 0 Å². The second-order valence-electron chi connectivity index (χ2n) is 7.75. The van der Waals surface area contributed by atoms with Gasteiger partial charge in [0, 0.05) is 11.3 Å². The number of amides is 2. The van der Waals surface area contributed by atoms with Crippen LogP contribution in [0.25, 0.3) is 0 Å². The number of anilines is 1. The number of carbonyl (C=O) groups is 3. The van der Waals surface area contributed by atoms with E-state index in [0.29, 0.717) is 5.69 Å². The summed E-state index contributed by atoms with van der Waals surface area (Å²) < 4.78 is 49.2. The minimum absolute atomic E-state index is 0.0303. The molecule has 1 aliphatic rings. The highest BCUT2D eigenvalue weighted by Gasteiger charge is 2.49. The van der Waals surface area contributed by atoms with Crippen LogP contribution in [0.4, 0.5) is 23.7 Å². The Balaban J connectivity index is 1.92. The lowest BCUT2D eigenvalue weighted by Gasteiger charge is -2.24. The Labute approximate surface area is 203 Å². The summed E-state index contributed by atoms with van der Waals surface area (Å²) >= 11 is 5.86. The van der Waals surface area contributed by atoms with Crippen molar-refractivity contribution in [3.8, 4) is 0 Å². The highest BCUT2D eigenvalue weighted by Crippen LogP contribution is 2.38. The molecule has 0 aliphatic carbocycles. The fourth-order valence-electron chi connectivity index (χ4n) is 3.47. The maximum atomic E-state index is 13.1. The number of ether oxygens (including phenoxy) is 2. The molecule has 0 spiro atoms. The van der Waals surface area contributed by atoms with Gasteiger partial charge >= 0.3 is 24.1 Å². The standard InChI is InChI=1S/C23H21ClF3N3O5/c1-4-35-20(32)22(2)12-30(21(33)28-15-8-5-13(6-9-15)19(31)34-3)29-18(22)14-7-10-16(17(24)11-14)23(25,26)27/h5-11H,4,12H2,1-3H3,(H,28,33). The fraction of sp³-hybridized carbons (Fsp3) is 0.304. The summed E-state index contributed by atoms with van der Waals surface area (Å²) in [7, 11) is 1.24. The molecule has 0 saturated carbocycles. The van der Waals surface area contributed by atoms with Crippen molar-refractivity contribution in [2.45, 2.75) is 20.0 Å². The van der Waals surface area contributed by atoms with Crippen LogP contribution < -0.4 is 5.32 Å². The Bertz CT molecular complexity index is 1180. The van der Waals surface area contributed by atoms with Crippen molar-refractivity contribution < 1.29 is 37.0 Å². The van der Waals surface area contributed by atoms with E-state index < -0.39 is 40.1 Å². The molecule has 12 heteroatoms. The van der Waals surface area contributed by atoms with Crippen molar-refractivity contribution in [1.29, 1.82) is 0 Å². The first-order valence-electron chi connectivity index (χ1n) is 10.3. The van der Waals surface area contributed by atoms with Crippen molar-refractivity contribution in [3.05, 3.63) is 64.2 Å². The number of hydrogen-bond acceptors (Lipinski definition) is 6. The number of rotatable bonds is 5. The minimum atomic E-state index is -4.66. The maximum absolute atomic E-state index is 13.1. The van der Waals surface area contributed by atoms with Crippen molar-refractivity contribution in [2.24, 2.45) is 10.5 Å². The van der Waals surface area contributed by atoms with Crippen molar-refractivity contribution >= 4 is 41.0 Å². The number of urea groups is 1. The molecule has 0 bridgehead atoms. The number of carbonyl (C=O) groups excluding carboxylic acids is 3. The van der Waals surface area contributed by atoms with E-state index in [1.54, 1.807) is 6.92 Å². The summed E-state index contributed by atoms with van der Waals surface area (Å²) in [5.74, 6) is -1.25. The zero-order chi connectivity index (χ0) is 26.0. The molecule has 3 rings (SSSR count). The molecule has 1 unspecified atom stereocenters. The number of nitrogens with one attached hydrogen (secondary N) is 1. The molecule has 2 aromatic carbocycles. The average molecular weight is 512 g/mol. The highest BCUT2D eigenvalue weighted by atomic mass is 35.5. The first-order chi connectivity index (χ1) is 16.4. The molecule has 0 aromatic heterocycles. The number of hydrazone groups is 1. The molecule has 186 valence electrons. The van der Waals surface area contributed by atoms with Crippen LogP contribution in [0.15, 0.2) is 47.6 Å². The SMILES string of the molecule is CCOC(=O)C1(C)CN(C(=O)Nc2ccc(C(=O)OC)cc2)N=C1c1ccc(C(F)(F)F)c(Cl)c1. The first-order valence-corrected chi connectivity index (χ1v) is 10.7. The van der Waals surface area contributed by atoms with Gasteiger partial charge in [-0.15, -0.1) is 0 Å². The fourth-order valence-corrected chi connectivity index (χ4v) is 3.76. The smallest absolute Gasteiger partial charge is 0.417 e. The van der Waals surface area contributed by atoms with Gasteiger partial charge in [-0.05, 0) is 50.2 Å². The quantitative estimate of drug-likeness (QED) is 0.572. The molecule has 0 fully saturated rings. The Morgan fingerprint density at radius 1 is 1.17 bits per heavy atom. The van der Waals surface area contributed by atoms with Crippen molar-refractivity contribution in [2.75, 3.05) is 25.6 Å². The third-order valence-electron chi connectivity index (χ3n) is 5.27. The number of halogens is 4. The second kappa shape index (κ2) is 9.95. The summed E-state index contributed by atoms with van der Waals surface area (Å²) in [6, 6.07) is 8.12. The highest BCUT2D eigenvalue weighted by molar-refractivity contribution is 6.32. The summed E-state index contributed by atoms with van der Waals surface area (Å²) in [6.45, 7) is 2.90. The zero-order valence-electron chi connectivity index (χ0n) is 18.9. The van der Waals surface area contributed by atoms with Gasteiger partial charge in [-0.25, -0.2) is 14.6 Å². The molecular weight excluding hydrogens is 491 g/mol. The molecular formula is C23H21ClF3N3O5. The van der Waals surface area contributed by atoms with E-state index in [4.69, 9.17) is 16.3 Å². The van der Waals surface area contributed by atoms with E-state index in [-0.39, 0.29) is 30.0 Å². The Morgan fingerprint density at radius 2 is 1.83 bits per heavy atom. The lowest BCUT2D eigenvalue weighted by molar-refractivity contribution is -0.150. The van der Waals surface area contributed by atoms with Gasteiger partial charge in [0.05, 0.1) is 42.1 Å². The number of esters is 2.